The van der Waals surface area contributed by atoms with Gasteiger partial charge in [-0.25, -0.2) is 9.89 Å². The van der Waals surface area contributed by atoms with Gasteiger partial charge in [-0.3, -0.25) is 4.57 Å². The van der Waals surface area contributed by atoms with Crippen molar-refractivity contribution in [3.05, 3.63) is 10.5 Å². The molecule has 1 fully saturated rings. The van der Waals surface area contributed by atoms with Crippen molar-refractivity contribution in [2.45, 2.75) is 36.3 Å². The number of aromatic amines is 1. The van der Waals surface area contributed by atoms with Crippen LogP contribution < -0.4 is 11.0 Å². The maximum atomic E-state index is 11.4. The first-order valence-electron chi connectivity index (χ1n) is 5.83. The molecule has 1 aromatic rings. The van der Waals surface area contributed by atoms with Crippen LogP contribution in [0.3, 0.4) is 0 Å². The van der Waals surface area contributed by atoms with E-state index in [1.165, 1.54) is 0 Å². The summed E-state index contributed by atoms with van der Waals surface area (Å²) in [5, 5.41) is 10.9. The maximum Gasteiger partial charge on any atom is 0.343 e. The van der Waals surface area contributed by atoms with Crippen molar-refractivity contribution >= 4 is 11.8 Å². The fourth-order valence-electron chi connectivity index (χ4n) is 1.97. The lowest BCUT2D eigenvalue weighted by Gasteiger charge is -2.30. The summed E-state index contributed by atoms with van der Waals surface area (Å²) in [6.07, 6.45) is 0.995. The molecule has 2 N–H and O–H groups in total. The molecule has 1 aliphatic rings. The second kappa shape index (κ2) is 5.70. The Kier molecular flexibility index (Phi) is 4.25. The first kappa shape index (κ1) is 12.7. The predicted octanol–water partition coefficient (Wildman–Crippen LogP) is 0.0603. The normalized spacial score (nSPS) is 25.1. The summed E-state index contributed by atoms with van der Waals surface area (Å²) in [5.41, 5.74) is -0.146. The molecule has 0 saturated carbocycles. The van der Waals surface area contributed by atoms with Crippen LogP contribution in [0.15, 0.2) is 9.95 Å². The Morgan fingerprint density at radius 1 is 1.71 bits per heavy atom. The van der Waals surface area contributed by atoms with Crippen LogP contribution >= 0.6 is 11.8 Å². The highest BCUT2D eigenvalue weighted by Crippen LogP contribution is 2.26. The Balaban J connectivity index is 2.10. The first-order chi connectivity index (χ1) is 8.26. The van der Waals surface area contributed by atoms with E-state index in [1.54, 1.807) is 16.3 Å². The number of H-pyrrole nitrogens is 1. The van der Waals surface area contributed by atoms with E-state index in [0.717, 1.165) is 18.2 Å². The van der Waals surface area contributed by atoms with Gasteiger partial charge in [0.2, 0.25) is 0 Å². The van der Waals surface area contributed by atoms with Gasteiger partial charge in [-0.05, 0) is 20.4 Å². The molecule has 0 bridgehead atoms. The SMILES string of the molecule is CCn1c(SC2COCCC2NC)n[nH]c1=O. The Morgan fingerprint density at radius 3 is 3.24 bits per heavy atom. The predicted molar refractivity (Wildman–Crippen MR) is 66.5 cm³/mol. The summed E-state index contributed by atoms with van der Waals surface area (Å²) < 4.78 is 7.13. The molecule has 0 radical (unpaired) electrons. The molecule has 7 heteroatoms. The minimum absolute atomic E-state index is 0.146. The Hall–Kier alpha value is -0.790. The molecule has 96 valence electrons. The molecule has 2 heterocycles. The molecule has 17 heavy (non-hydrogen) atoms. The van der Waals surface area contributed by atoms with Crippen LogP contribution in [-0.4, -0.2) is 46.3 Å². The highest BCUT2D eigenvalue weighted by molar-refractivity contribution is 7.99. The van der Waals surface area contributed by atoms with Crippen molar-refractivity contribution in [1.29, 1.82) is 0 Å². The van der Waals surface area contributed by atoms with Crippen LogP contribution in [0.2, 0.25) is 0 Å². The van der Waals surface area contributed by atoms with E-state index in [9.17, 15) is 4.79 Å². The quantitative estimate of drug-likeness (QED) is 0.799. The van der Waals surface area contributed by atoms with Crippen LogP contribution in [0.5, 0.6) is 0 Å². The number of nitrogens with zero attached hydrogens (tertiary/aromatic N) is 2. The van der Waals surface area contributed by atoms with Crippen LogP contribution in [0.1, 0.15) is 13.3 Å². The van der Waals surface area contributed by atoms with E-state index in [-0.39, 0.29) is 5.69 Å². The Labute approximate surface area is 104 Å². The molecular formula is C10H18N4O2S. The number of nitrogens with one attached hydrogen (secondary N) is 2. The van der Waals surface area contributed by atoms with Crippen molar-refractivity contribution in [3.63, 3.8) is 0 Å². The van der Waals surface area contributed by atoms with Crippen molar-refractivity contribution in [1.82, 2.24) is 20.1 Å². The fourth-order valence-corrected chi connectivity index (χ4v) is 3.27. The topological polar surface area (TPSA) is 71.9 Å². The van der Waals surface area contributed by atoms with Crippen LogP contribution in [0, 0.1) is 0 Å². The largest absolute Gasteiger partial charge is 0.380 e. The molecule has 2 unspecified atom stereocenters. The number of hydrogen-bond acceptors (Lipinski definition) is 5. The van der Waals surface area contributed by atoms with Gasteiger partial charge in [0.1, 0.15) is 0 Å². The summed E-state index contributed by atoms with van der Waals surface area (Å²) in [7, 11) is 1.96. The zero-order valence-electron chi connectivity index (χ0n) is 10.1. The molecule has 1 saturated heterocycles. The van der Waals surface area contributed by atoms with Crippen LogP contribution in [0.4, 0.5) is 0 Å². The summed E-state index contributed by atoms with van der Waals surface area (Å²) in [5.74, 6) is 0. The van der Waals surface area contributed by atoms with Crippen molar-refractivity contribution in [2.75, 3.05) is 20.3 Å². The van der Waals surface area contributed by atoms with Crippen LogP contribution in [0.25, 0.3) is 0 Å². The molecule has 0 amide bonds. The molecule has 1 aromatic heterocycles. The van der Waals surface area contributed by atoms with Gasteiger partial charge < -0.3 is 10.1 Å². The minimum Gasteiger partial charge on any atom is -0.380 e. The summed E-state index contributed by atoms with van der Waals surface area (Å²) >= 11 is 1.60. The lowest BCUT2D eigenvalue weighted by atomic mass is 10.1. The summed E-state index contributed by atoms with van der Waals surface area (Å²) in [6, 6.07) is 0.408. The average molecular weight is 258 g/mol. The third-order valence-corrected chi connectivity index (χ3v) is 4.26. The smallest absolute Gasteiger partial charge is 0.343 e. The maximum absolute atomic E-state index is 11.4. The van der Waals surface area contributed by atoms with Gasteiger partial charge in [0, 0.05) is 19.2 Å². The molecule has 6 nitrogen and oxygen atoms in total. The van der Waals surface area contributed by atoms with Gasteiger partial charge in [-0.2, -0.15) is 0 Å². The zero-order valence-corrected chi connectivity index (χ0v) is 10.9. The Bertz CT molecular complexity index is 417. The lowest BCUT2D eigenvalue weighted by molar-refractivity contribution is 0.0849. The van der Waals surface area contributed by atoms with Gasteiger partial charge >= 0.3 is 5.69 Å². The second-order valence-corrected chi connectivity index (χ2v) is 5.18. The Morgan fingerprint density at radius 2 is 2.53 bits per heavy atom. The number of aromatic nitrogens is 3. The average Bonchev–Trinajstić information content (AvgIpc) is 2.70. The van der Waals surface area contributed by atoms with E-state index < -0.39 is 0 Å². The van der Waals surface area contributed by atoms with Gasteiger partial charge in [-0.1, -0.05) is 11.8 Å². The highest BCUT2D eigenvalue weighted by Gasteiger charge is 2.27. The number of rotatable bonds is 4. The lowest BCUT2D eigenvalue weighted by Crippen LogP contribution is -2.43. The summed E-state index contributed by atoms with van der Waals surface area (Å²) in [4.78, 5) is 11.4. The minimum atomic E-state index is -0.146. The number of thioether (sulfide) groups is 1. The number of hydrogen-bond donors (Lipinski definition) is 2. The first-order valence-corrected chi connectivity index (χ1v) is 6.71. The molecule has 0 aromatic carbocycles. The van der Waals surface area contributed by atoms with Crippen molar-refractivity contribution in [3.8, 4) is 0 Å². The number of ether oxygens (including phenoxy) is 1. The zero-order chi connectivity index (χ0) is 12.3. The van der Waals surface area contributed by atoms with Gasteiger partial charge in [0.05, 0.1) is 11.9 Å². The molecule has 2 rings (SSSR count). The van der Waals surface area contributed by atoms with E-state index in [2.05, 4.69) is 15.5 Å². The highest BCUT2D eigenvalue weighted by atomic mass is 32.2. The third-order valence-electron chi connectivity index (χ3n) is 2.97. The van der Waals surface area contributed by atoms with Gasteiger partial charge in [0.25, 0.3) is 0 Å². The van der Waals surface area contributed by atoms with E-state index in [4.69, 9.17) is 4.74 Å². The summed E-state index contributed by atoms with van der Waals surface area (Å²) in [6.45, 7) is 4.06. The van der Waals surface area contributed by atoms with Crippen LogP contribution in [-0.2, 0) is 11.3 Å². The fraction of sp³-hybridized carbons (Fsp3) is 0.800. The standard InChI is InChI=1S/C10H18N4O2S/c1-3-14-9(15)12-13-10(14)17-8-6-16-5-4-7(8)11-2/h7-8,11H,3-6H2,1-2H3,(H,12,15). The van der Waals surface area contributed by atoms with Gasteiger partial charge in [-0.15, -0.1) is 5.10 Å². The molecule has 0 aliphatic carbocycles. The molecule has 1 aliphatic heterocycles. The van der Waals surface area contributed by atoms with Crippen molar-refractivity contribution < 1.29 is 4.74 Å². The third kappa shape index (κ3) is 2.72. The van der Waals surface area contributed by atoms with Gasteiger partial charge in [0.15, 0.2) is 5.16 Å². The van der Waals surface area contributed by atoms with E-state index in [0.29, 0.717) is 24.4 Å². The van der Waals surface area contributed by atoms with E-state index in [1.807, 2.05) is 14.0 Å². The van der Waals surface area contributed by atoms with E-state index >= 15 is 0 Å². The van der Waals surface area contributed by atoms with Crippen molar-refractivity contribution in [2.24, 2.45) is 0 Å². The second-order valence-electron chi connectivity index (χ2n) is 3.97. The molecule has 2 atom stereocenters. The monoisotopic (exact) mass is 258 g/mol. The molecule has 0 spiro atoms. The molecular weight excluding hydrogens is 240 g/mol.